The molecule has 2 heteroatoms. The molecule has 3 rings (SSSR count). The van der Waals surface area contributed by atoms with Gasteiger partial charge in [0.15, 0.2) is 0 Å². The van der Waals surface area contributed by atoms with E-state index in [0.29, 0.717) is 6.04 Å². The number of benzene rings is 2. The zero-order chi connectivity index (χ0) is 12.5. The Balaban J connectivity index is 1.97. The summed E-state index contributed by atoms with van der Waals surface area (Å²) in [5, 5.41) is 3.57. The van der Waals surface area contributed by atoms with E-state index in [2.05, 4.69) is 54.7 Å². The average molecular weight is 239 g/mol. The first-order valence-electron chi connectivity index (χ1n) is 6.27. The fourth-order valence-corrected chi connectivity index (χ4v) is 2.61. The van der Waals surface area contributed by atoms with E-state index in [1.54, 1.807) is 7.11 Å². The molecule has 92 valence electrons. The van der Waals surface area contributed by atoms with Gasteiger partial charge in [0.05, 0.1) is 13.2 Å². The van der Waals surface area contributed by atoms with Crippen LogP contribution in [0.4, 0.5) is 5.69 Å². The predicted molar refractivity (Wildman–Crippen MR) is 74.2 cm³/mol. The highest BCUT2D eigenvalue weighted by molar-refractivity contribution is 5.59. The minimum Gasteiger partial charge on any atom is -0.496 e. The Bertz CT molecular complexity index is 552. The van der Waals surface area contributed by atoms with Crippen LogP contribution in [0.1, 0.15) is 22.7 Å². The minimum atomic E-state index is 0.317. The molecule has 1 heterocycles. The van der Waals surface area contributed by atoms with Gasteiger partial charge < -0.3 is 10.1 Å². The van der Waals surface area contributed by atoms with Crippen molar-refractivity contribution in [3.63, 3.8) is 0 Å². The fourth-order valence-electron chi connectivity index (χ4n) is 2.61. The van der Waals surface area contributed by atoms with Gasteiger partial charge in [-0.1, -0.05) is 35.9 Å². The Morgan fingerprint density at radius 3 is 2.78 bits per heavy atom. The van der Waals surface area contributed by atoms with Gasteiger partial charge in [-0.3, -0.25) is 0 Å². The predicted octanol–water partition coefficient (Wildman–Crippen LogP) is 3.71. The topological polar surface area (TPSA) is 21.3 Å². The lowest BCUT2D eigenvalue weighted by molar-refractivity contribution is 0.407. The molecule has 2 aromatic rings. The molecule has 0 bridgehead atoms. The molecule has 2 aromatic carbocycles. The summed E-state index contributed by atoms with van der Waals surface area (Å²) in [7, 11) is 1.73. The van der Waals surface area contributed by atoms with Gasteiger partial charge in [0, 0.05) is 11.3 Å². The maximum absolute atomic E-state index is 5.47. The number of rotatable bonds is 2. The zero-order valence-corrected chi connectivity index (χ0v) is 10.7. The zero-order valence-electron chi connectivity index (χ0n) is 10.7. The van der Waals surface area contributed by atoms with E-state index in [0.717, 1.165) is 12.2 Å². The van der Waals surface area contributed by atoms with Crippen LogP contribution in [0.25, 0.3) is 0 Å². The Labute approximate surface area is 108 Å². The van der Waals surface area contributed by atoms with E-state index in [1.807, 2.05) is 0 Å². The molecule has 1 atom stereocenters. The summed E-state index contributed by atoms with van der Waals surface area (Å²) in [4.78, 5) is 0. The molecule has 18 heavy (non-hydrogen) atoms. The van der Waals surface area contributed by atoms with Crippen LogP contribution in [0.3, 0.4) is 0 Å². The van der Waals surface area contributed by atoms with E-state index in [4.69, 9.17) is 4.74 Å². The molecule has 0 amide bonds. The molecule has 0 spiro atoms. The summed E-state index contributed by atoms with van der Waals surface area (Å²) < 4.78 is 5.47. The highest BCUT2D eigenvalue weighted by atomic mass is 16.5. The SMILES string of the molecule is COc1ccc(C)cc1C1Cc2ccccc2N1. The van der Waals surface area contributed by atoms with E-state index in [9.17, 15) is 0 Å². The van der Waals surface area contributed by atoms with Crippen molar-refractivity contribution in [2.24, 2.45) is 0 Å². The van der Waals surface area contributed by atoms with Gasteiger partial charge in [0.2, 0.25) is 0 Å². The van der Waals surface area contributed by atoms with Gasteiger partial charge in [-0.2, -0.15) is 0 Å². The smallest absolute Gasteiger partial charge is 0.124 e. The third kappa shape index (κ3) is 1.84. The van der Waals surface area contributed by atoms with Gasteiger partial charge in [-0.25, -0.2) is 0 Å². The standard InChI is InChI=1S/C16H17NO/c1-11-7-8-16(18-2)13(9-11)15-10-12-5-3-4-6-14(12)17-15/h3-9,15,17H,10H2,1-2H3. The van der Waals surface area contributed by atoms with E-state index < -0.39 is 0 Å². The quantitative estimate of drug-likeness (QED) is 0.862. The second-order valence-electron chi connectivity index (χ2n) is 4.80. The van der Waals surface area contributed by atoms with Crippen LogP contribution in [0.5, 0.6) is 5.75 Å². The van der Waals surface area contributed by atoms with Crippen LogP contribution in [0.2, 0.25) is 0 Å². The van der Waals surface area contributed by atoms with Crippen molar-refractivity contribution in [2.45, 2.75) is 19.4 Å². The molecule has 2 nitrogen and oxygen atoms in total. The molecule has 1 N–H and O–H groups in total. The van der Waals surface area contributed by atoms with Gasteiger partial charge in [-0.15, -0.1) is 0 Å². The molecular weight excluding hydrogens is 222 g/mol. The molecule has 0 fully saturated rings. The normalized spacial score (nSPS) is 17.1. The van der Waals surface area contributed by atoms with E-state index in [-0.39, 0.29) is 0 Å². The lowest BCUT2D eigenvalue weighted by Crippen LogP contribution is -2.07. The monoisotopic (exact) mass is 239 g/mol. The second kappa shape index (κ2) is 4.37. The summed E-state index contributed by atoms with van der Waals surface area (Å²) in [5.41, 5.74) is 5.13. The first-order valence-corrected chi connectivity index (χ1v) is 6.27. The first kappa shape index (κ1) is 11.1. The number of fused-ring (bicyclic) bond motifs is 1. The minimum absolute atomic E-state index is 0.317. The number of hydrogen-bond acceptors (Lipinski definition) is 2. The van der Waals surface area contributed by atoms with Gasteiger partial charge in [-0.05, 0) is 31.0 Å². The number of ether oxygens (including phenoxy) is 1. The third-order valence-corrected chi connectivity index (χ3v) is 3.53. The number of anilines is 1. The van der Waals surface area contributed by atoms with Gasteiger partial charge in [0.25, 0.3) is 0 Å². The summed E-state index contributed by atoms with van der Waals surface area (Å²) >= 11 is 0. The van der Waals surface area contributed by atoms with Crippen molar-refractivity contribution in [3.8, 4) is 5.75 Å². The van der Waals surface area contributed by atoms with E-state index in [1.165, 1.54) is 22.4 Å². The summed E-state index contributed by atoms with van der Waals surface area (Å²) in [6.07, 6.45) is 1.02. The van der Waals surface area contributed by atoms with Crippen molar-refractivity contribution >= 4 is 5.69 Å². The summed E-state index contributed by atoms with van der Waals surface area (Å²) in [6.45, 7) is 2.12. The Kier molecular flexibility index (Phi) is 2.71. The lowest BCUT2D eigenvalue weighted by Gasteiger charge is -2.16. The van der Waals surface area contributed by atoms with Crippen LogP contribution < -0.4 is 10.1 Å². The molecule has 0 saturated heterocycles. The second-order valence-corrected chi connectivity index (χ2v) is 4.80. The van der Waals surface area contributed by atoms with E-state index >= 15 is 0 Å². The van der Waals surface area contributed by atoms with Crippen LogP contribution in [-0.4, -0.2) is 7.11 Å². The van der Waals surface area contributed by atoms with Gasteiger partial charge >= 0.3 is 0 Å². The van der Waals surface area contributed by atoms with Crippen molar-refractivity contribution in [3.05, 3.63) is 59.2 Å². The number of hydrogen-bond donors (Lipinski definition) is 1. The maximum atomic E-state index is 5.47. The van der Waals surface area contributed by atoms with Crippen molar-refractivity contribution in [1.29, 1.82) is 0 Å². The highest BCUT2D eigenvalue weighted by Gasteiger charge is 2.24. The number of nitrogens with one attached hydrogen (secondary N) is 1. The van der Waals surface area contributed by atoms with Crippen LogP contribution in [0.15, 0.2) is 42.5 Å². The van der Waals surface area contributed by atoms with Crippen molar-refractivity contribution in [1.82, 2.24) is 0 Å². The number of para-hydroxylation sites is 1. The molecule has 1 unspecified atom stereocenters. The van der Waals surface area contributed by atoms with Gasteiger partial charge in [0.1, 0.15) is 5.75 Å². The largest absolute Gasteiger partial charge is 0.496 e. The maximum Gasteiger partial charge on any atom is 0.124 e. The number of aryl methyl sites for hydroxylation is 1. The Morgan fingerprint density at radius 1 is 1.17 bits per heavy atom. The summed E-state index contributed by atoms with van der Waals surface area (Å²) in [5.74, 6) is 0.964. The van der Waals surface area contributed by atoms with Crippen LogP contribution in [0, 0.1) is 6.92 Å². The average Bonchev–Trinajstić information content (AvgIpc) is 2.82. The molecular formula is C16H17NO. The summed E-state index contributed by atoms with van der Waals surface area (Å²) in [6, 6.07) is 15.2. The van der Waals surface area contributed by atoms with Crippen molar-refractivity contribution < 1.29 is 4.74 Å². The molecule has 0 radical (unpaired) electrons. The molecule has 0 saturated carbocycles. The molecule has 0 aromatic heterocycles. The van der Waals surface area contributed by atoms with Crippen LogP contribution >= 0.6 is 0 Å². The third-order valence-electron chi connectivity index (χ3n) is 3.53. The lowest BCUT2D eigenvalue weighted by atomic mass is 10.00. The molecule has 1 aliphatic rings. The van der Waals surface area contributed by atoms with Crippen LogP contribution in [-0.2, 0) is 6.42 Å². The highest BCUT2D eigenvalue weighted by Crippen LogP contribution is 2.37. The Hall–Kier alpha value is -1.96. The molecule has 0 aliphatic carbocycles. The fraction of sp³-hybridized carbons (Fsp3) is 0.250. The number of methoxy groups -OCH3 is 1. The first-order chi connectivity index (χ1) is 8.78. The molecule has 1 aliphatic heterocycles. The van der Waals surface area contributed by atoms with Crippen molar-refractivity contribution in [2.75, 3.05) is 12.4 Å². The Morgan fingerprint density at radius 2 is 2.00 bits per heavy atom.